The van der Waals surface area contributed by atoms with Gasteiger partial charge in [0, 0.05) is 18.1 Å². The first-order valence-electron chi connectivity index (χ1n) is 7.44. The number of nitrogens with zero attached hydrogens (tertiary/aromatic N) is 3. The highest BCUT2D eigenvalue weighted by Crippen LogP contribution is 2.31. The Kier molecular flexibility index (Phi) is 6.01. The molecule has 0 radical (unpaired) electrons. The van der Waals surface area contributed by atoms with Gasteiger partial charge in [0.05, 0.1) is 11.5 Å². The van der Waals surface area contributed by atoms with Gasteiger partial charge in [-0.2, -0.15) is 5.21 Å². The summed E-state index contributed by atoms with van der Waals surface area (Å²) in [5, 5.41) is 10.4. The van der Waals surface area contributed by atoms with Crippen molar-refractivity contribution in [1.29, 1.82) is 0 Å². The van der Waals surface area contributed by atoms with E-state index < -0.39 is 16.8 Å². The lowest BCUT2D eigenvalue weighted by molar-refractivity contribution is 0.0512. The van der Waals surface area contributed by atoms with Crippen LogP contribution in [0.4, 0.5) is 0 Å². The van der Waals surface area contributed by atoms with Crippen molar-refractivity contribution in [2.75, 3.05) is 19.7 Å². The smallest absolute Gasteiger partial charge is 0.361 e. The fourth-order valence-electron chi connectivity index (χ4n) is 2.33. The van der Waals surface area contributed by atoms with E-state index in [1.807, 2.05) is 6.08 Å². The number of ether oxygens (including phenoxy) is 1. The van der Waals surface area contributed by atoms with E-state index in [0.29, 0.717) is 24.5 Å². The molecule has 0 aliphatic carbocycles. The van der Waals surface area contributed by atoms with Crippen LogP contribution in [0.25, 0.3) is 0 Å². The number of carbonyl (C=O) groups excluding carboxylic acids is 2. The van der Waals surface area contributed by atoms with Crippen molar-refractivity contribution < 1.29 is 14.3 Å². The highest BCUT2D eigenvalue weighted by Gasteiger charge is 2.38. The van der Waals surface area contributed by atoms with Gasteiger partial charge in [0.1, 0.15) is 0 Å². The average Bonchev–Trinajstić information content (AvgIpc) is 3.13. The molecule has 0 spiro atoms. The maximum Gasteiger partial charge on any atom is 0.361 e. The van der Waals surface area contributed by atoms with Crippen LogP contribution in [-0.4, -0.2) is 56.8 Å². The molecule has 0 bridgehead atoms. The average molecular weight is 373 g/mol. The predicted molar refractivity (Wildman–Crippen MR) is 90.2 cm³/mol. The summed E-state index contributed by atoms with van der Waals surface area (Å²) in [6.45, 7) is 4.37. The number of aromatic nitrogens is 3. The molecule has 24 heavy (non-hydrogen) atoms. The van der Waals surface area contributed by atoms with Crippen LogP contribution >= 0.6 is 23.2 Å². The summed E-state index contributed by atoms with van der Waals surface area (Å²) in [5.74, 6) is -1.10. The number of allylic oxidation sites excluding steroid dienone is 3. The SMILES string of the molecule is CCOC(=O)c1n[nH]nc1C(=O)N1CCC(Cl)(/C=C/C=C(\C)Cl)C1. The van der Waals surface area contributed by atoms with E-state index in [9.17, 15) is 9.59 Å². The molecule has 1 aromatic heterocycles. The molecule has 2 rings (SSSR count). The number of H-pyrrole nitrogens is 1. The first-order valence-corrected chi connectivity index (χ1v) is 8.19. The van der Waals surface area contributed by atoms with Gasteiger partial charge in [0.15, 0.2) is 5.69 Å². The summed E-state index contributed by atoms with van der Waals surface area (Å²) in [7, 11) is 0. The summed E-state index contributed by atoms with van der Waals surface area (Å²) in [5.41, 5.74) is -0.181. The van der Waals surface area contributed by atoms with Gasteiger partial charge in [-0.15, -0.1) is 21.8 Å². The summed E-state index contributed by atoms with van der Waals surface area (Å²) < 4.78 is 4.87. The molecule has 1 atom stereocenters. The van der Waals surface area contributed by atoms with Crippen molar-refractivity contribution in [2.24, 2.45) is 0 Å². The van der Waals surface area contributed by atoms with Gasteiger partial charge in [-0.25, -0.2) is 4.79 Å². The second kappa shape index (κ2) is 7.81. The fraction of sp³-hybridized carbons (Fsp3) is 0.467. The normalized spacial score (nSPS) is 21.5. The molecule has 1 aromatic rings. The van der Waals surface area contributed by atoms with Crippen LogP contribution in [0.2, 0.25) is 0 Å². The van der Waals surface area contributed by atoms with Crippen molar-refractivity contribution in [3.63, 3.8) is 0 Å². The van der Waals surface area contributed by atoms with Crippen LogP contribution in [0.5, 0.6) is 0 Å². The second-order valence-corrected chi connectivity index (χ2v) is 6.71. The predicted octanol–water partition coefficient (Wildman–Crippen LogP) is 2.50. The Morgan fingerprint density at radius 2 is 2.12 bits per heavy atom. The van der Waals surface area contributed by atoms with Crippen LogP contribution in [0.15, 0.2) is 23.3 Å². The number of aromatic amines is 1. The van der Waals surface area contributed by atoms with Gasteiger partial charge in [-0.1, -0.05) is 23.8 Å². The van der Waals surface area contributed by atoms with Gasteiger partial charge in [0.2, 0.25) is 5.69 Å². The minimum Gasteiger partial charge on any atom is -0.461 e. The van der Waals surface area contributed by atoms with Crippen molar-refractivity contribution in [1.82, 2.24) is 20.3 Å². The largest absolute Gasteiger partial charge is 0.461 e. The van der Waals surface area contributed by atoms with E-state index in [-0.39, 0.29) is 18.0 Å². The monoisotopic (exact) mass is 372 g/mol. The zero-order valence-corrected chi connectivity index (χ0v) is 14.9. The lowest BCUT2D eigenvalue weighted by Crippen LogP contribution is -2.33. The maximum absolute atomic E-state index is 12.6. The van der Waals surface area contributed by atoms with Gasteiger partial charge in [0.25, 0.3) is 5.91 Å². The third kappa shape index (κ3) is 4.36. The fourth-order valence-corrected chi connectivity index (χ4v) is 2.70. The van der Waals surface area contributed by atoms with E-state index in [0.717, 1.165) is 0 Å². The van der Waals surface area contributed by atoms with Crippen molar-refractivity contribution in [3.05, 3.63) is 34.6 Å². The Bertz CT molecular complexity index is 682. The van der Waals surface area contributed by atoms with Crippen molar-refractivity contribution in [2.45, 2.75) is 25.1 Å². The number of nitrogens with one attached hydrogen (secondary N) is 1. The third-order valence-electron chi connectivity index (χ3n) is 3.48. The number of alkyl halides is 1. The summed E-state index contributed by atoms with van der Waals surface area (Å²) in [4.78, 5) is 25.3. The highest BCUT2D eigenvalue weighted by atomic mass is 35.5. The number of carbonyl (C=O) groups is 2. The lowest BCUT2D eigenvalue weighted by Gasteiger charge is -2.18. The third-order valence-corrected chi connectivity index (χ3v) is 4.04. The molecule has 7 nitrogen and oxygen atoms in total. The quantitative estimate of drug-likeness (QED) is 0.487. The van der Waals surface area contributed by atoms with E-state index in [1.54, 1.807) is 26.0 Å². The minimum absolute atomic E-state index is 0.0603. The highest BCUT2D eigenvalue weighted by molar-refractivity contribution is 6.29. The zero-order valence-electron chi connectivity index (χ0n) is 13.4. The van der Waals surface area contributed by atoms with Gasteiger partial charge in [-0.05, 0) is 26.3 Å². The number of esters is 1. The standard InChI is InChI=1S/C15H18Cl2N4O3/c1-3-24-14(23)12-11(18-20-19-12)13(22)21-8-7-15(17,9-21)6-4-5-10(2)16/h4-6H,3,7-9H2,1-2H3,(H,18,19,20)/b6-4+,10-5+. The minimum atomic E-state index is -0.687. The molecular formula is C15H18Cl2N4O3. The van der Waals surface area contributed by atoms with E-state index >= 15 is 0 Å². The van der Waals surface area contributed by atoms with Gasteiger partial charge < -0.3 is 9.64 Å². The van der Waals surface area contributed by atoms with Gasteiger partial charge in [-0.3, -0.25) is 4.79 Å². The number of amides is 1. The van der Waals surface area contributed by atoms with Crippen LogP contribution in [0, 0.1) is 0 Å². The lowest BCUT2D eigenvalue weighted by atomic mass is 10.1. The second-order valence-electron chi connectivity index (χ2n) is 5.37. The molecule has 130 valence electrons. The first kappa shape index (κ1) is 18.5. The Labute approximate surface area is 149 Å². The number of hydrogen-bond acceptors (Lipinski definition) is 5. The molecule has 1 aliphatic rings. The topological polar surface area (TPSA) is 88.2 Å². The molecular weight excluding hydrogens is 355 g/mol. The number of hydrogen-bond donors (Lipinski definition) is 1. The number of halogens is 2. The molecule has 1 fully saturated rings. The van der Waals surface area contributed by atoms with E-state index in [1.165, 1.54) is 4.90 Å². The summed E-state index contributed by atoms with van der Waals surface area (Å²) in [6.07, 6.45) is 5.89. The molecule has 9 heteroatoms. The zero-order chi connectivity index (χ0) is 17.7. The summed E-state index contributed by atoms with van der Waals surface area (Å²) in [6, 6.07) is 0. The van der Waals surface area contributed by atoms with E-state index in [2.05, 4.69) is 15.4 Å². The maximum atomic E-state index is 12.6. The van der Waals surface area contributed by atoms with E-state index in [4.69, 9.17) is 27.9 Å². The van der Waals surface area contributed by atoms with Crippen molar-refractivity contribution in [3.8, 4) is 0 Å². The Hall–Kier alpha value is -1.86. The number of rotatable bonds is 5. The molecule has 1 aliphatic heterocycles. The van der Waals surface area contributed by atoms with Crippen molar-refractivity contribution >= 4 is 35.1 Å². The molecule has 0 aromatic carbocycles. The van der Waals surface area contributed by atoms with Crippen LogP contribution in [0.1, 0.15) is 41.2 Å². The molecule has 1 saturated heterocycles. The Morgan fingerprint density at radius 3 is 2.79 bits per heavy atom. The Morgan fingerprint density at radius 1 is 1.42 bits per heavy atom. The molecule has 0 saturated carbocycles. The molecule has 2 heterocycles. The molecule has 1 N–H and O–H groups in total. The Balaban J connectivity index is 2.10. The molecule has 1 amide bonds. The van der Waals surface area contributed by atoms with Crippen LogP contribution < -0.4 is 0 Å². The molecule has 1 unspecified atom stereocenters. The number of likely N-dealkylation sites (tertiary alicyclic amines) is 1. The van der Waals surface area contributed by atoms with Gasteiger partial charge >= 0.3 is 5.97 Å². The van der Waals surface area contributed by atoms with Crippen LogP contribution in [-0.2, 0) is 4.74 Å². The first-order chi connectivity index (χ1) is 11.4. The van der Waals surface area contributed by atoms with Crippen LogP contribution in [0.3, 0.4) is 0 Å². The summed E-state index contributed by atoms with van der Waals surface area (Å²) >= 11 is 12.3.